The molecule has 1 amide bonds. The van der Waals surface area contributed by atoms with E-state index in [4.69, 9.17) is 27.9 Å². The van der Waals surface area contributed by atoms with Crippen LogP contribution in [0.25, 0.3) is 0 Å². The van der Waals surface area contributed by atoms with Crippen molar-refractivity contribution in [1.82, 2.24) is 9.21 Å². The molecule has 1 heterocycles. The van der Waals surface area contributed by atoms with Gasteiger partial charge in [0.05, 0.1) is 19.9 Å². The van der Waals surface area contributed by atoms with E-state index in [-0.39, 0.29) is 49.3 Å². The Balaban J connectivity index is 1.58. The zero-order chi connectivity index (χ0) is 21.9. The molecule has 2 aromatic carbocycles. The van der Waals surface area contributed by atoms with E-state index >= 15 is 0 Å². The number of piperazine rings is 1. The maximum absolute atomic E-state index is 12.8. The molecule has 0 radical (unpaired) electrons. The number of ether oxygens (including phenoxy) is 1. The number of carbonyl (C=O) groups is 1. The van der Waals surface area contributed by atoms with Crippen LogP contribution in [0.2, 0.25) is 10.0 Å². The lowest BCUT2D eigenvalue weighted by Crippen LogP contribution is -2.51. The van der Waals surface area contributed by atoms with Crippen molar-refractivity contribution in [3.63, 3.8) is 0 Å². The summed E-state index contributed by atoms with van der Waals surface area (Å²) in [5, 5.41) is 11.6. The van der Waals surface area contributed by atoms with Gasteiger partial charge in [0.1, 0.15) is 5.75 Å². The van der Waals surface area contributed by atoms with E-state index in [1.807, 2.05) is 0 Å². The van der Waals surface area contributed by atoms with Crippen LogP contribution in [-0.2, 0) is 14.8 Å². The molecule has 1 aliphatic heterocycles. The van der Waals surface area contributed by atoms with Crippen molar-refractivity contribution in [2.75, 3.05) is 32.8 Å². The molecule has 0 bridgehead atoms. The summed E-state index contributed by atoms with van der Waals surface area (Å²) in [5.41, 5.74) is -0.302. The summed E-state index contributed by atoms with van der Waals surface area (Å²) in [6.45, 7) is 0.276. The zero-order valence-corrected chi connectivity index (χ0v) is 17.9. The van der Waals surface area contributed by atoms with Crippen molar-refractivity contribution in [2.24, 2.45) is 0 Å². The lowest BCUT2D eigenvalue weighted by Gasteiger charge is -2.33. The molecule has 0 N–H and O–H groups in total. The Morgan fingerprint density at radius 1 is 1.07 bits per heavy atom. The number of nitro benzene ring substituents is 1. The fourth-order valence-corrected chi connectivity index (χ4v) is 4.64. The quantitative estimate of drug-likeness (QED) is 0.471. The smallest absolute Gasteiger partial charge is 0.270 e. The second-order valence-electron chi connectivity index (χ2n) is 6.40. The van der Waals surface area contributed by atoms with E-state index in [9.17, 15) is 23.3 Å². The first-order chi connectivity index (χ1) is 14.2. The first-order valence-electron chi connectivity index (χ1n) is 8.79. The van der Waals surface area contributed by atoms with E-state index < -0.39 is 14.9 Å². The maximum Gasteiger partial charge on any atom is 0.270 e. The molecular formula is C18H17Cl2N3O6S. The Hall–Kier alpha value is -2.40. The minimum Gasteiger partial charge on any atom is -0.484 e. The molecule has 0 aromatic heterocycles. The molecule has 160 valence electrons. The van der Waals surface area contributed by atoms with Crippen LogP contribution in [0, 0.1) is 10.1 Å². The summed E-state index contributed by atoms with van der Waals surface area (Å²) in [4.78, 5) is 24.0. The summed E-state index contributed by atoms with van der Waals surface area (Å²) in [6.07, 6.45) is 0. The van der Waals surface area contributed by atoms with Gasteiger partial charge in [0, 0.05) is 44.4 Å². The highest BCUT2D eigenvalue weighted by Gasteiger charge is 2.31. The van der Waals surface area contributed by atoms with Crippen molar-refractivity contribution in [3.8, 4) is 5.75 Å². The van der Waals surface area contributed by atoms with Crippen LogP contribution in [0.5, 0.6) is 5.75 Å². The number of carbonyl (C=O) groups excluding carboxylic acids is 1. The number of non-ortho nitro benzene ring substituents is 1. The summed E-state index contributed by atoms with van der Waals surface area (Å²) in [7, 11) is -3.90. The van der Waals surface area contributed by atoms with Crippen molar-refractivity contribution in [2.45, 2.75) is 4.90 Å². The van der Waals surface area contributed by atoms with E-state index in [0.717, 1.165) is 6.07 Å². The Kier molecular flexibility index (Phi) is 6.81. The minimum atomic E-state index is -3.90. The number of rotatable bonds is 6. The van der Waals surface area contributed by atoms with Crippen LogP contribution in [0.15, 0.2) is 47.4 Å². The third-order valence-electron chi connectivity index (χ3n) is 4.51. The molecule has 1 aliphatic rings. The largest absolute Gasteiger partial charge is 0.484 e. The first kappa shape index (κ1) is 22.3. The monoisotopic (exact) mass is 473 g/mol. The van der Waals surface area contributed by atoms with Crippen LogP contribution < -0.4 is 4.74 Å². The number of hydrogen-bond acceptors (Lipinski definition) is 6. The van der Waals surface area contributed by atoms with Crippen LogP contribution in [0.3, 0.4) is 0 Å². The van der Waals surface area contributed by atoms with Crippen LogP contribution >= 0.6 is 23.2 Å². The fraction of sp³-hybridized carbons (Fsp3) is 0.278. The summed E-state index contributed by atoms with van der Waals surface area (Å²) in [5.74, 6) is 0.0955. The van der Waals surface area contributed by atoms with Gasteiger partial charge >= 0.3 is 0 Å². The molecule has 1 fully saturated rings. The van der Waals surface area contributed by atoms with Gasteiger partial charge in [-0.25, -0.2) is 8.42 Å². The highest BCUT2D eigenvalue weighted by Crippen LogP contribution is 2.26. The molecule has 0 spiro atoms. The highest BCUT2D eigenvalue weighted by atomic mass is 35.5. The third kappa shape index (κ3) is 5.01. The number of nitro groups is 1. The number of amides is 1. The molecule has 2 aromatic rings. The average molecular weight is 474 g/mol. The second kappa shape index (κ2) is 9.17. The SMILES string of the molecule is O=C(COc1ccc(Cl)c(Cl)c1)N1CCN(S(=O)(=O)c2cccc([N+](=O)[O-])c2)CC1. The lowest BCUT2D eigenvalue weighted by molar-refractivity contribution is -0.385. The Morgan fingerprint density at radius 2 is 1.77 bits per heavy atom. The normalized spacial score (nSPS) is 15.1. The van der Waals surface area contributed by atoms with Gasteiger partial charge in [-0.3, -0.25) is 14.9 Å². The summed E-state index contributed by atoms with van der Waals surface area (Å²) in [6, 6.07) is 9.53. The van der Waals surface area contributed by atoms with E-state index in [1.165, 1.54) is 33.5 Å². The molecular weight excluding hydrogens is 457 g/mol. The van der Waals surface area contributed by atoms with Gasteiger partial charge in [-0.1, -0.05) is 29.3 Å². The standard InChI is InChI=1S/C18H17Cl2N3O6S/c19-16-5-4-14(11-17(16)20)29-12-18(24)21-6-8-22(9-7-21)30(27,28)15-3-1-2-13(10-15)23(25)26/h1-5,10-11H,6-9,12H2. The van der Waals surface area contributed by atoms with Crippen LogP contribution in [0.1, 0.15) is 0 Å². The number of hydrogen-bond donors (Lipinski definition) is 0. The molecule has 0 aliphatic carbocycles. The number of halogens is 2. The average Bonchev–Trinajstić information content (AvgIpc) is 2.74. The Labute approximate surface area is 182 Å². The number of benzene rings is 2. The van der Waals surface area contributed by atoms with Gasteiger partial charge < -0.3 is 9.64 Å². The van der Waals surface area contributed by atoms with Gasteiger partial charge in [-0.15, -0.1) is 0 Å². The van der Waals surface area contributed by atoms with Gasteiger partial charge in [-0.05, 0) is 18.2 Å². The fourth-order valence-electron chi connectivity index (χ4n) is 2.89. The van der Waals surface area contributed by atoms with E-state index in [1.54, 1.807) is 12.1 Å². The van der Waals surface area contributed by atoms with Gasteiger partial charge in [0.25, 0.3) is 11.6 Å². The molecule has 0 unspecified atom stereocenters. The predicted octanol–water partition coefficient (Wildman–Crippen LogP) is 2.81. The van der Waals surface area contributed by atoms with Gasteiger partial charge in [0.15, 0.2) is 6.61 Å². The highest BCUT2D eigenvalue weighted by molar-refractivity contribution is 7.89. The predicted molar refractivity (Wildman–Crippen MR) is 110 cm³/mol. The second-order valence-corrected chi connectivity index (χ2v) is 9.16. The molecule has 9 nitrogen and oxygen atoms in total. The van der Waals surface area contributed by atoms with Crippen molar-refractivity contribution < 1.29 is 22.9 Å². The summed E-state index contributed by atoms with van der Waals surface area (Å²) < 4.78 is 32.2. The minimum absolute atomic E-state index is 0.0730. The van der Waals surface area contributed by atoms with Gasteiger partial charge in [-0.2, -0.15) is 4.31 Å². The Bertz CT molecular complexity index is 1070. The molecule has 30 heavy (non-hydrogen) atoms. The zero-order valence-electron chi connectivity index (χ0n) is 15.5. The molecule has 12 heteroatoms. The van der Waals surface area contributed by atoms with Crippen molar-refractivity contribution >= 4 is 44.8 Å². The molecule has 3 rings (SSSR count). The number of nitrogens with zero attached hydrogens (tertiary/aromatic N) is 3. The van der Waals surface area contributed by atoms with Crippen molar-refractivity contribution in [3.05, 3.63) is 62.6 Å². The lowest BCUT2D eigenvalue weighted by atomic mass is 10.3. The third-order valence-corrected chi connectivity index (χ3v) is 7.14. The van der Waals surface area contributed by atoms with Crippen LogP contribution in [0.4, 0.5) is 5.69 Å². The van der Waals surface area contributed by atoms with E-state index in [2.05, 4.69) is 0 Å². The number of sulfonamides is 1. The maximum atomic E-state index is 12.8. The van der Waals surface area contributed by atoms with E-state index in [0.29, 0.717) is 15.8 Å². The Morgan fingerprint density at radius 3 is 2.40 bits per heavy atom. The van der Waals surface area contributed by atoms with Crippen LogP contribution in [-0.4, -0.2) is 61.2 Å². The van der Waals surface area contributed by atoms with Gasteiger partial charge in [0.2, 0.25) is 10.0 Å². The topological polar surface area (TPSA) is 110 Å². The molecule has 1 saturated heterocycles. The summed E-state index contributed by atoms with van der Waals surface area (Å²) >= 11 is 11.7. The molecule has 0 saturated carbocycles. The van der Waals surface area contributed by atoms with Crippen molar-refractivity contribution in [1.29, 1.82) is 0 Å². The first-order valence-corrected chi connectivity index (χ1v) is 11.0. The molecule has 0 atom stereocenters.